The van der Waals surface area contributed by atoms with Crippen molar-refractivity contribution in [1.29, 1.82) is 0 Å². The molecule has 5 rings (SSSR count). The van der Waals surface area contributed by atoms with Crippen LogP contribution in [0.4, 0.5) is 10.5 Å². The summed E-state index contributed by atoms with van der Waals surface area (Å²) < 4.78 is 7.00. The number of likely N-dealkylation sites (tertiary alicyclic amines) is 1. The first kappa shape index (κ1) is 26.9. The van der Waals surface area contributed by atoms with Crippen molar-refractivity contribution in [1.82, 2.24) is 20.0 Å². The lowest BCUT2D eigenvalue weighted by molar-refractivity contribution is -0.122. The van der Waals surface area contributed by atoms with Crippen LogP contribution in [0, 0.1) is 29.1 Å². The summed E-state index contributed by atoms with van der Waals surface area (Å²) in [4.78, 5) is 39.3. The second-order valence-corrected chi connectivity index (χ2v) is 13.2. The average Bonchev–Trinajstić information content (AvgIpc) is 3.26. The molecule has 1 aromatic heterocycles. The molecule has 3 saturated carbocycles. The number of hydrogen-bond donors (Lipinski definition) is 2. The summed E-state index contributed by atoms with van der Waals surface area (Å²) in [5.41, 5.74) is 0.215. The van der Waals surface area contributed by atoms with Gasteiger partial charge < -0.3 is 20.3 Å². The number of hydrogen-bond acceptors (Lipinski definition) is 6. The zero-order valence-corrected chi connectivity index (χ0v) is 23.9. The monoisotopic (exact) mass is 565 g/mol. The largest absolute Gasteiger partial charge is 0.444 e. The fraction of sp³-hybridized carbons (Fsp3) is 0.769. The van der Waals surface area contributed by atoms with Crippen molar-refractivity contribution in [3.8, 4) is 0 Å². The fourth-order valence-electron chi connectivity index (χ4n) is 6.16. The van der Waals surface area contributed by atoms with Gasteiger partial charge in [0, 0.05) is 25.7 Å². The molecular formula is C26H40BrN5O4. The van der Waals surface area contributed by atoms with E-state index in [1.54, 1.807) is 11.1 Å². The molecule has 0 aromatic carbocycles. The van der Waals surface area contributed by atoms with Gasteiger partial charge in [0.1, 0.15) is 16.6 Å². The van der Waals surface area contributed by atoms with Crippen molar-refractivity contribution in [2.24, 2.45) is 29.1 Å². The third kappa shape index (κ3) is 5.58. The molecule has 0 spiro atoms. The average molecular weight is 567 g/mol. The second-order valence-electron chi connectivity index (χ2n) is 12.4. The highest BCUT2D eigenvalue weighted by Gasteiger charge is 2.56. The molecule has 1 aromatic rings. The van der Waals surface area contributed by atoms with E-state index in [1.807, 2.05) is 20.8 Å². The Morgan fingerprint density at radius 2 is 2.00 bits per heavy atom. The molecule has 2 heterocycles. The molecule has 10 heteroatoms. The summed E-state index contributed by atoms with van der Waals surface area (Å²) in [5.74, 6) is 1.80. The van der Waals surface area contributed by atoms with Crippen LogP contribution in [0.25, 0.3) is 0 Å². The summed E-state index contributed by atoms with van der Waals surface area (Å²) in [7, 11) is 0. The van der Waals surface area contributed by atoms with Gasteiger partial charge in [0.15, 0.2) is 0 Å². The molecule has 2 N–H and O–H groups in total. The first-order chi connectivity index (χ1) is 16.8. The number of ether oxygens (including phenoxy) is 1. The zero-order valence-electron chi connectivity index (χ0n) is 22.3. The van der Waals surface area contributed by atoms with Crippen molar-refractivity contribution in [3.05, 3.63) is 21.0 Å². The molecular weight excluding hydrogens is 526 g/mol. The predicted molar refractivity (Wildman–Crippen MR) is 142 cm³/mol. The number of aromatic nitrogens is 2. The molecule has 2 bridgehead atoms. The topological polar surface area (TPSA) is 106 Å². The maximum Gasteiger partial charge on any atom is 0.410 e. The molecule has 4 fully saturated rings. The van der Waals surface area contributed by atoms with E-state index >= 15 is 0 Å². The minimum atomic E-state index is -0.533. The van der Waals surface area contributed by atoms with Gasteiger partial charge >= 0.3 is 6.09 Å². The number of nitrogens with zero attached hydrogens (tertiary/aromatic N) is 3. The smallest absolute Gasteiger partial charge is 0.410 e. The number of anilines is 1. The minimum Gasteiger partial charge on any atom is -0.444 e. The van der Waals surface area contributed by atoms with E-state index < -0.39 is 5.60 Å². The van der Waals surface area contributed by atoms with E-state index in [0.717, 1.165) is 12.8 Å². The van der Waals surface area contributed by atoms with Crippen LogP contribution in [-0.4, -0.2) is 58.0 Å². The summed E-state index contributed by atoms with van der Waals surface area (Å²) in [6, 6.07) is 0.310. The van der Waals surface area contributed by atoms with E-state index in [1.165, 1.54) is 11.1 Å². The first-order valence-electron chi connectivity index (χ1n) is 13.0. The van der Waals surface area contributed by atoms with Crippen LogP contribution >= 0.6 is 15.9 Å². The van der Waals surface area contributed by atoms with Crippen LogP contribution < -0.4 is 16.2 Å². The maximum atomic E-state index is 12.9. The summed E-state index contributed by atoms with van der Waals surface area (Å²) in [6.07, 6.45) is 4.49. The number of rotatable bonds is 6. The van der Waals surface area contributed by atoms with Crippen molar-refractivity contribution < 1.29 is 14.3 Å². The molecule has 1 aliphatic heterocycles. The van der Waals surface area contributed by atoms with E-state index in [9.17, 15) is 14.4 Å². The van der Waals surface area contributed by atoms with Gasteiger partial charge in [-0.25, -0.2) is 9.48 Å². The SMILES string of the molecule is C[C@@H]1[C@H]2C[C@@H](C[C@H]1Nc1cnn(CC(=O)NCC3CCN(C(=O)OC(C)(C)C)C3)c(=O)c1Br)C2(C)C. The summed E-state index contributed by atoms with van der Waals surface area (Å²) >= 11 is 3.43. The molecule has 1 unspecified atom stereocenters. The van der Waals surface area contributed by atoms with Gasteiger partial charge in [-0.15, -0.1) is 0 Å². The van der Waals surface area contributed by atoms with Crippen LogP contribution in [0.5, 0.6) is 0 Å². The Morgan fingerprint density at radius 1 is 1.28 bits per heavy atom. The van der Waals surface area contributed by atoms with Gasteiger partial charge in [0.2, 0.25) is 5.91 Å². The van der Waals surface area contributed by atoms with Gasteiger partial charge in [0.05, 0.1) is 11.9 Å². The lowest BCUT2D eigenvalue weighted by Gasteiger charge is -2.62. The molecule has 200 valence electrons. The van der Waals surface area contributed by atoms with Crippen LogP contribution in [0.1, 0.15) is 60.8 Å². The highest BCUT2D eigenvalue weighted by atomic mass is 79.9. The van der Waals surface area contributed by atoms with Crippen molar-refractivity contribution >= 4 is 33.6 Å². The Morgan fingerprint density at radius 3 is 2.64 bits per heavy atom. The molecule has 0 radical (unpaired) electrons. The lowest BCUT2D eigenvalue weighted by atomic mass is 9.45. The number of halogens is 1. The van der Waals surface area contributed by atoms with Crippen molar-refractivity contribution in [3.63, 3.8) is 0 Å². The van der Waals surface area contributed by atoms with E-state index in [0.29, 0.717) is 59.0 Å². The first-order valence-corrected chi connectivity index (χ1v) is 13.8. The van der Waals surface area contributed by atoms with E-state index in [4.69, 9.17) is 4.74 Å². The number of carbonyl (C=O) groups is 2. The molecule has 9 nitrogen and oxygen atoms in total. The van der Waals surface area contributed by atoms with Crippen molar-refractivity contribution in [2.75, 3.05) is 25.0 Å². The van der Waals surface area contributed by atoms with E-state index in [2.05, 4.69) is 52.4 Å². The highest BCUT2D eigenvalue weighted by Crippen LogP contribution is 2.61. The zero-order chi connectivity index (χ0) is 26.4. The third-order valence-electron chi connectivity index (χ3n) is 8.50. The van der Waals surface area contributed by atoms with Crippen LogP contribution in [0.3, 0.4) is 0 Å². The predicted octanol–water partition coefficient (Wildman–Crippen LogP) is 3.86. The minimum absolute atomic E-state index is 0.151. The molecule has 5 atom stereocenters. The molecule has 1 saturated heterocycles. The van der Waals surface area contributed by atoms with Crippen LogP contribution in [0.15, 0.2) is 15.5 Å². The Hall–Kier alpha value is -2.10. The Bertz CT molecular complexity index is 1070. The van der Waals surface area contributed by atoms with Crippen molar-refractivity contribution in [2.45, 2.75) is 79.0 Å². The quantitative estimate of drug-likeness (QED) is 0.542. The molecule has 36 heavy (non-hydrogen) atoms. The fourth-order valence-corrected chi connectivity index (χ4v) is 6.58. The molecule has 4 aliphatic rings. The number of carbonyl (C=O) groups excluding carboxylic acids is 2. The second kappa shape index (κ2) is 9.99. The highest BCUT2D eigenvalue weighted by molar-refractivity contribution is 9.10. The van der Waals surface area contributed by atoms with Gasteiger partial charge in [-0.3, -0.25) is 9.59 Å². The van der Waals surface area contributed by atoms with Gasteiger partial charge in [-0.05, 0) is 85.1 Å². The number of nitrogens with one attached hydrogen (secondary N) is 2. The lowest BCUT2D eigenvalue weighted by Crippen LogP contribution is -2.58. The van der Waals surface area contributed by atoms with Crippen LogP contribution in [0.2, 0.25) is 0 Å². The van der Waals surface area contributed by atoms with Gasteiger partial charge in [0.25, 0.3) is 5.56 Å². The van der Waals surface area contributed by atoms with Gasteiger partial charge in [-0.1, -0.05) is 20.8 Å². The maximum absolute atomic E-state index is 12.9. The Balaban J connectivity index is 1.27. The third-order valence-corrected chi connectivity index (χ3v) is 9.27. The Labute approximate surface area is 221 Å². The van der Waals surface area contributed by atoms with Gasteiger partial charge in [-0.2, -0.15) is 5.10 Å². The number of fused-ring (bicyclic) bond motifs is 2. The summed E-state index contributed by atoms with van der Waals surface area (Å²) in [6.45, 7) is 14.0. The Kier molecular flexibility index (Phi) is 7.48. The standard InChI is InChI=1S/C26H40BrN5O4/c1-15-18-9-17(26(18,5)6)10-19(15)30-20-12-29-32(23(34)22(20)27)14-21(33)28-11-16-7-8-31(13-16)24(35)36-25(2,3)4/h12,15-19,30H,7-11,13-14H2,1-6H3,(H,28,33)/t15-,16?,17+,18-,19-/m1/s1. The van der Waals surface area contributed by atoms with Crippen LogP contribution in [-0.2, 0) is 16.1 Å². The number of amides is 2. The summed E-state index contributed by atoms with van der Waals surface area (Å²) in [5, 5.41) is 10.7. The van der Waals surface area contributed by atoms with E-state index in [-0.39, 0.29) is 30.0 Å². The molecule has 2 amide bonds. The normalized spacial score (nSPS) is 28.9. The molecule has 3 aliphatic carbocycles.